The molecule has 2 aromatic rings. The zero-order chi connectivity index (χ0) is 26.7. The van der Waals surface area contributed by atoms with Crippen LogP contribution in [0.5, 0.6) is 0 Å². The smallest absolute Gasteiger partial charge is 0.414 e. The Bertz CT molecular complexity index is 1190. The van der Waals surface area contributed by atoms with E-state index in [0.29, 0.717) is 24.5 Å². The van der Waals surface area contributed by atoms with Crippen LogP contribution in [0.15, 0.2) is 41.4 Å². The normalized spacial score (nSPS) is 13.8. The van der Waals surface area contributed by atoms with Gasteiger partial charge in [0.25, 0.3) is 0 Å². The third-order valence-electron chi connectivity index (χ3n) is 5.37. The minimum atomic E-state index is -0.496. The number of nitrogens with zero attached hydrogens (tertiary/aromatic N) is 3. The number of hydrogen-bond acceptors (Lipinski definition) is 7. The molecule has 2 aliphatic rings. The van der Waals surface area contributed by atoms with E-state index in [1.165, 1.54) is 0 Å². The zero-order valence-electron chi connectivity index (χ0n) is 21.8. The monoisotopic (exact) mass is 526 g/mol. The Kier molecular flexibility index (Phi) is 9.47. The zero-order valence-corrected chi connectivity index (χ0v) is 22.6. The molecule has 0 radical (unpaired) electrons. The van der Waals surface area contributed by atoms with E-state index in [1.807, 2.05) is 77.9 Å². The molecule has 37 heavy (non-hydrogen) atoms. The van der Waals surface area contributed by atoms with Crippen LogP contribution in [0, 0.1) is 0 Å². The number of anilines is 3. The molecule has 0 spiro atoms. The summed E-state index contributed by atoms with van der Waals surface area (Å²) in [7, 11) is 0. The fourth-order valence-electron chi connectivity index (χ4n) is 3.90. The molecule has 2 N–H and O–H groups in total. The molecule has 2 aliphatic heterocycles. The molecule has 9 heteroatoms. The highest BCUT2D eigenvalue weighted by molar-refractivity contribution is 7.78. The molecule has 0 saturated heterocycles. The highest BCUT2D eigenvalue weighted by Crippen LogP contribution is 2.33. The third kappa shape index (κ3) is 8.03. The molecular weight excluding hydrogens is 488 g/mol. The lowest BCUT2D eigenvalue weighted by Gasteiger charge is -2.24. The number of carbonyl (C=O) groups excluding carboxylic acids is 2. The molecule has 0 aliphatic carbocycles. The predicted octanol–water partition coefficient (Wildman–Crippen LogP) is 6.92. The minimum absolute atomic E-state index is 0. The summed E-state index contributed by atoms with van der Waals surface area (Å²) in [6.07, 6.45) is 1.06. The number of nitrogens with two attached hydrogens (primary N) is 1. The molecule has 2 amide bonds. The van der Waals surface area contributed by atoms with Gasteiger partial charge in [-0.25, -0.2) is 9.59 Å². The maximum atomic E-state index is 12.1. The molecule has 0 aromatic heterocycles. The fourth-order valence-corrected chi connectivity index (χ4v) is 4.00. The van der Waals surface area contributed by atoms with Crippen LogP contribution >= 0.6 is 12.2 Å². The molecule has 0 saturated carbocycles. The Morgan fingerprint density at radius 3 is 1.78 bits per heavy atom. The maximum Gasteiger partial charge on any atom is 0.414 e. The first-order valence-electron chi connectivity index (χ1n) is 11.9. The Hall–Kier alpha value is -3.42. The highest BCUT2D eigenvalue weighted by Gasteiger charge is 2.30. The topological polar surface area (TPSA) is 97.5 Å². The number of thiocarbonyl (C=S) groups is 1. The number of fused-ring (bicyclic) bond motifs is 2. The van der Waals surface area contributed by atoms with Crippen molar-refractivity contribution in [3.8, 4) is 0 Å². The van der Waals surface area contributed by atoms with Crippen LogP contribution in [0.2, 0.25) is 0 Å². The molecule has 0 fully saturated rings. The second kappa shape index (κ2) is 11.8. The number of carbonyl (C=O) groups is 2. The number of benzene rings is 2. The van der Waals surface area contributed by atoms with Gasteiger partial charge in [-0.3, -0.25) is 9.80 Å². The lowest BCUT2D eigenvalue weighted by atomic mass is 10.1. The molecule has 8 nitrogen and oxygen atoms in total. The Morgan fingerprint density at radius 1 is 0.865 bits per heavy atom. The van der Waals surface area contributed by atoms with Crippen molar-refractivity contribution >= 4 is 52.3 Å². The molecular formula is C28H38N4O4S. The number of ether oxygens (including phenoxy) is 2. The van der Waals surface area contributed by atoms with Gasteiger partial charge in [-0.1, -0.05) is 19.6 Å². The van der Waals surface area contributed by atoms with Crippen LogP contribution in [0.3, 0.4) is 0 Å². The van der Waals surface area contributed by atoms with E-state index >= 15 is 0 Å². The summed E-state index contributed by atoms with van der Waals surface area (Å²) in [5.74, 6) is 0. The highest BCUT2D eigenvalue weighted by atomic mass is 32.1. The first kappa shape index (κ1) is 29.8. The van der Waals surface area contributed by atoms with Gasteiger partial charge in [0.2, 0.25) is 0 Å². The van der Waals surface area contributed by atoms with Crippen LogP contribution in [0.1, 0.15) is 60.1 Å². The van der Waals surface area contributed by atoms with Crippen molar-refractivity contribution in [2.24, 2.45) is 4.99 Å². The van der Waals surface area contributed by atoms with Crippen LogP contribution in [-0.4, -0.2) is 41.6 Å². The van der Waals surface area contributed by atoms with Crippen LogP contribution in [0.25, 0.3) is 0 Å². The van der Waals surface area contributed by atoms with Crippen LogP contribution < -0.4 is 15.5 Å². The number of amides is 2. The quantitative estimate of drug-likeness (QED) is 0.246. The van der Waals surface area contributed by atoms with Crippen molar-refractivity contribution in [3.63, 3.8) is 0 Å². The van der Waals surface area contributed by atoms with E-state index in [0.717, 1.165) is 35.3 Å². The van der Waals surface area contributed by atoms with Gasteiger partial charge in [-0.15, -0.1) is 0 Å². The summed E-state index contributed by atoms with van der Waals surface area (Å²) in [6, 6.07) is 11.3. The summed E-state index contributed by atoms with van der Waals surface area (Å²) >= 11 is 4.59. The second-order valence-corrected chi connectivity index (χ2v) is 10.9. The molecule has 4 rings (SSSR count). The van der Waals surface area contributed by atoms with Crippen molar-refractivity contribution in [1.29, 1.82) is 0 Å². The van der Waals surface area contributed by atoms with Crippen molar-refractivity contribution < 1.29 is 19.1 Å². The largest absolute Gasteiger partial charge is 0.443 e. The van der Waals surface area contributed by atoms with Gasteiger partial charge in [0.05, 0.1) is 22.2 Å². The van der Waals surface area contributed by atoms with E-state index in [9.17, 15) is 9.59 Å². The van der Waals surface area contributed by atoms with Crippen LogP contribution in [0.4, 0.5) is 32.3 Å². The van der Waals surface area contributed by atoms with Gasteiger partial charge < -0.3 is 15.2 Å². The summed E-state index contributed by atoms with van der Waals surface area (Å²) in [5.41, 5.74) is 10.1. The van der Waals surface area contributed by atoms with Gasteiger partial charge in [0.15, 0.2) is 0 Å². The standard InChI is InChI=1S/C14H16N2O2S.C13H18N2O2.CH4/c1-14(2,3)18-13(17)16-7-6-10-4-5-11(15-9-19)8-12(10)16;1-13(2,3)17-12(16)15-7-6-9-4-5-10(14)8-11(9)15;/h4-5,8H,6-7H2,1-3H3;4-5,8H,6-7,14H2,1-3H3;1H4. The molecule has 0 unspecified atom stereocenters. The van der Waals surface area contributed by atoms with E-state index in [2.05, 4.69) is 22.4 Å². The van der Waals surface area contributed by atoms with E-state index in [1.54, 1.807) is 9.80 Å². The average Bonchev–Trinajstić information content (AvgIpc) is 3.35. The summed E-state index contributed by atoms with van der Waals surface area (Å²) < 4.78 is 10.8. The molecule has 0 atom stereocenters. The Morgan fingerprint density at radius 2 is 1.32 bits per heavy atom. The fraction of sp³-hybridized carbons (Fsp3) is 0.464. The van der Waals surface area contributed by atoms with Crippen molar-refractivity contribution in [1.82, 2.24) is 0 Å². The minimum Gasteiger partial charge on any atom is -0.443 e. The van der Waals surface area contributed by atoms with E-state index in [4.69, 9.17) is 15.2 Å². The lowest BCUT2D eigenvalue weighted by molar-refractivity contribution is 0.0573. The molecule has 200 valence electrons. The van der Waals surface area contributed by atoms with Crippen molar-refractivity contribution in [2.45, 2.75) is 73.0 Å². The average molecular weight is 527 g/mol. The number of isothiocyanates is 1. The van der Waals surface area contributed by atoms with Crippen LogP contribution in [-0.2, 0) is 22.3 Å². The summed E-state index contributed by atoms with van der Waals surface area (Å²) in [4.78, 5) is 31.4. The lowest BCUT2D eigenvalue weighted by Crippen LogP contribution is -2.35. The van der Waals surface area contributed by atoms with Crippen molar-refractivity contribution in [3.05, 3.63) is 47.5 Å². The van der Waals surface area contributed by atoms with Gasteiger partial charge in [0, 0.05) is 18.8 Å². The van der Waals surface area contributed by atoms with Gasteiger partial charge >= 0.3 is 12.2 Å². The van der Waals surface area contributed by atoms with Gasteiger partial charge in [0.1, 0.15) is 11.2 Å². The third-order valence-corrected chi connectivity index (χ3v) is 5.46. The number of nitrogen functional groups attached to an aromatic ring is 1. The summed E-state index contributed by atoms with van der Waals surface area (Å²) in [5, 5.41) is 2.33. The molecule has 2 heterocycles. The summed E-state index contributed by atoms with van der Waals surface area (Å²) in [6.45, 7) is 12.4. The Balaban J connectivity index is 0.000000255. The number of hydrogen-bond donors (Lipinski definition) is 1. The molecule has 0 bridgehead atoms. The maximum absolute atomic E-state index is 12.1. The SMILES string of the molecule is C.CC(C)(C)OC(=O)N1CCc2ccc(N)cc21.CC(C)(C)OC(=O)N1CCc2ccc(N=C=S)cc21. The van der Waals surface area contributed by atoms with E-state index in [-0.39, 0.29) is 19.6 Å². The van der Waals surface area contributed by atoms with Gasteiger partial charge in [-0.2, -0.15) is 4.99 Å². The Labute approximate surface area is 225 Å². The number of rotatable bonds is 1. The van der Waals surface area contributed by atoms with Crippen molar-refractivity contribution in [2.75, 3.05) is 28.6 Å². The van der Waals surface area contributed by atoms with E-state index < -0.39 is 11.2 Å². The first-order valence-corrected chi connectivity index (χ1v) is 12.3. The number of aliphatic imine (C=N–C) groups is 1. The van der Waals surface area contributed by atoms with Gasteiger partial charge in [-0.05, 0) is 102 Å². The second-order valence-electron chi connectivity index (χ2n) is 10.7. The predicted molar refractivity (Wildman–Crippen MR) is 153 cm³/mol. The molecule has 2 aromatic carbocycles. The first-order chi connectivity index (χ1) is 16.8.